The molecule has 4 rings (SSSR count). The molecule has 1 fully saturated rings. The Morgan fingerprint density at radius 1 is 1.07 bits per heavy atom. The van der Waals surface area contributed by atoms with Crippen molar-refractivity contribution in [3.63, 3.8) is 0 Å². The summed E-state index contributed by atoms with van der Waals surface area (Å²) >= 11 is 0. The number of aliphatic hydroxyl groups excluding tert-OH is 1. The molecule has 1 saturated heterocycles. The molecule has 140 valence electrons. The highest BCUT2D eigenvalue weighted by molar-refractivity contribution is 5.78. The largest absolute Gasteiger partial charge is 0.391 e. The van der Waals surface area contributed by atoms with Gasteiger partial charge >= 0.3 is 0 Å². The zero-order valence-electron chi connectivity index (χ0n) is 16.0. The molecular formula is C22H26N4O. The third-order valence-corrected chi connectivity index (χ3v) is 5.22. The highest BCUT2D eigenvalue weighted by Gasteiger charge is 2.32. The van der Waals surface area contributed by atoms with Crippen molar-refractivity contribution >= 4 is 16.7 Å². The Labute approximate surface area is 160 Å². The van der Waals surface area contributed by atoms with Crippen LogP contribution in [0.5, 0.6) is 0 Å². The van der Waals surface area contributed by atoms with E-state index in [1.54, 1.807) is 0 Å². The van der Waals surface area contributed by atoms with Crippen LogP contribution in [0.3, 0.4) is 0 Å². The number of benzene rings is 1. The number of aryl methyl sites for hydroxylation is 2. The molecule has 0 spiro atoms. The molecule has 0 radical (unpaired) electrons. The van der Waals surface area contributed by atoms with Crippen LogP contribution in [0.15, 0.2) is 42.5 Å². The van der Waals surface area contributed by atoms with Crippen molar-refractivity contribution in [1.29, 1.82) is 0 Å². The molecule has 2 atom stereocenters. The number of anilines is 1. The lowest BCUT2D eigenvalue weighted by molar-refractivity contribution is 0.148. The van der Waals surface area contributed by atoms with Crippen LogP contribution in [0.4, 0.5) is 5.82 Å². The molecule has 27 heavy (non-hydrogen) atoms. The Kier molecular flexibility index (Phi) is 5.03. The van der Waals surface area contributed by atoms with Gasteiger partial charge in [0.2, 0.25) is 0 Å². The van der Waals surface area contributed by atoms with Gasteiger partial charge in [-0.25, -0.2) is 9.97 Å². The summed E-state index contributed by atoms with van der Waals surface area (Å²) in [5.41, 5.74) is 3.03. The quantitative estimate of drug-likeness (QED) is 0.754. The van der Waals surface area contributed by atoms with Gasteiger partial charge in [-0.1, -0.05) is 31.2 Å². The van der Waals surface area contributed by atoms with Crippen LogP contribution in [0.1, 0.15) is 30.6 Å². The first-order valence-corrected chi connectivity index (χ1v) is 9.74. The van der Waals surface area contributed by atoms with Crippen LogP contribution >= 0.6 is 0 Å². The summed E-state index contributed by atoms with van der Waals surface area (Å²) in [6, 6.07) is 14.4. The van der Waals surface area contributed by atoms with E-state index < -0.39 is 0 Å². The van der Waals surface area contributed by atoms with E-state index in [4.69, 9.17) is 9.97 Å². The second kappa shape index (κ2) is 7.61. The maximum atomic E-state index is 10.6. The Balaban J connectivity index is 1.51. The minimum Gasteiger partial charge on any atom is -0.391 e. The van der Waals surface area contributed by atoms with Crippen LogP contribution in [0.2, 0.25) is 0 Å². The van der Waals surface area contributed by atoms with E-state index in [-0.39, 0.29) is 12.0 Å². The zero-order chi connectivity index (χ0) is 18.8. The fraction of sp³-hybridized carbons (Fsp3) is 0.409. The standard InChI is InChI=1S/C22H26N4O/c1-3-6-21-23-15(2)11-22(25-21)26-13-17(20(27)14-26)12-18-10-9-16-7-4-5-8-19(16)24-18/h4-5,7-11,17,20,27H,3,6,12-14H2,1-2H3/t17-,20-/m1/s1. The van der Waals surface area contributed by atoms with Gasteiger partial charge in [-0.05, 0) is 31.9 Å². The molecule has 0 bridgehead atoms. The van der Waals surface area contributed by atoms with Gasteiger partial charge in [0.1, 0.15) is 11.6 Å². The van der Waals surface area contributed by atoms with E-state index in [1.807, 2.05) is 31.2 Å². The number of aliphatic hydroxyl groups is 1. The summed E-state index contributed by atoms with van der Waals surface area (Å²) in [6.45, 7) is 5.54. The first kappa shape index (κ1) is 17.9. The summed E-state index contributed by atoms with van der Waals surface area (Å²) in [4.78, 5) is 16.2. The van der Waals surface area contributed by atoms with Crippen LogP contribution in [-0.4, -0.2) is 39.3 Å². The zero-order valence-corrected chi connectivity index (χ0v) is 16.0. The van der Waals surface area contributed by atoms with Gasteiger partial charge in [-0.3, -0.25) is 4.98 Å². The molecule has 1 aromatic carbocycles. The highest BCUT2D eigenvalue weighted by Crippen LogP contribution is 2.26. The number of para-hydroxylation sites is 1. The highest BCUT2D eigenvalue weighted by atomic mass is 16.3. The molecule has 5 heteroatoms. The number of hydrogen-bond acceptors (Lipinski definition) is 5. The Morgan fingerprint density at radius 2 is 1.93 bits per heavy atom. The summed E-state index contributed by atoms with van der Waals surface area (Å²) < 4.78 is 0. The molecular weight excluding hydrogens is 336 g/mol. The van der Waals surface area contributed by atoms with E-state index in [0.29, 0.717) is 6.54 Å². The van der Waals surface area contributed by atoms with Gasteiger partial charge in [0, 0.05) is 48.3 Å². The van der Waals surface area contributed by atoms with Crippen LogP contribution in [0, 0.1) is 12.8 Å². The van der Waals surface area contributed by atoms with E-state index in [2.05, 4.69) is 35.0 Å². The van der Waals surface area contributed by atoms with Crippen LogP contribution < -0.4 is 4.90 Å². The number of nitrogens with zero attached hydrogens (tertiary/aromatic N) is 4. The Morgan fingerprint density at radius 3 is 2.78 bits per heavy atom. The summed E-state index contributed by atoms with van der Waals surface area (Å²) in [5.74, 6) is 1.98. The summed E-state index contributed by atoms with van der Waals surface area (Å²) in [5, 5.41) is 11.8. The maximum Gasteiger partial charge on any atom is 0.132 e. The fourth-order valence-electron chi connectivity index (χ4n) is 3.84. The van der Waals surface area contributed by atoms with Gasteiger partial charge in [-0.15, -0.1) is 0 Å². The predicted octanol–water partition coefficient (Wildman–Crippen LogP) is 3.33. The van der Waals surface area contributed by atoms with E-state index in [9.17, 15) is 5.11 Å². The second-order valence-corrected chi connectivity index (χ2v) is 7.47. The first-order valence-electron chi connectivity index (χ1n) is 9.74. The minimum absolute atomic E-state index is 0.156. The van der Waals surface area contributed by atoms with Crippen molar-refractivity contribution in [1.82, 2.24) is 15.0 Å². The third-order valence-electron chi connectivity index (χ3n) is 5.22. The first-order chi connectivity index (χ1) is 13.1. The predicted molar refractivity (Wildman–Crippen MR) is 108 cm³/mol. The molecule has 3 heterocycles. The Hall–Kier alpha value is -2.53. The minimum atomic E-state index is -0.372. The second-order valence-electron chi connectivity index (χ2n) is 7.47. The van der Waals surface area contributed by atoms with Crippen molar-refractivity contribution < 1.29 is 5.11 Å². The van der Waals surface area contributed by atoms with Gasteiger partial charge in [0.05, 0.1) is 11.6 Å². The molecule has 0 unspecified atom stereocenters. The topological polar surface area (TPSA) is 62.1 Å². The smallest absolute Gasteiger partial charge is 0.132 e. The average Bonchev–Trinajstić information content (AvgIpc) is 3.02. The van der Waals surface area contributed by atoms with Crippen molar-refractivity contribution in [3.05, 3.63) is 59.7 Å². The van der Waals surface area contributed by atoms with Gasteiger partial charge in [0.25, 0.3) is 0 Å². The van der Waals surface area contributed by atoms with E-state index >= 15 is 0 Å². The lowest BCUT2D eigenvalue weighted by Gasteiger charge is -2.18. The van der Waals surface area contributed by atoms with E-state index in [1.165, 1.54) is 0 Å². The normalized spacial score (nSPS) is 19.7. The van der Waals surface area contributed by atoms with Crippen molar-refractivity contribution in [2.75, 3.05) is 18.0 Å². The SMILES string of the molecule is CCCc1nc(C)cc(N2C[C@@H](Cc3ccc4ccccc4n3)[C@H](O)C2)n1. The van der Waals surface area contributed by atoms with Crippen LogP contribution in [-0.2, 0) is 12.8 Å². The number of aromatic nitrogens is 3. The lowest BCUT2D eigenvalue weighted by Crippen LogP contribution is -2.23. The van der Waals surface area contributed by atoms with Gasteiger partial charge < -0.3 is 10.0 Å². The molecule has 1 aliphatic rings. The molecule has 0 aliphatic carbocycles. The number of hydrogen-bond donors (Lipinski definition) is 1. The molecule has 3 aromatic rings. The number of rotatable bonds is 5. The van der Waals surface area contributed by atoms with Crippen molar-refractivity contribution in [2.45, 2.75) is 39.2 Å². The molecule has 1 aliphatic heterocycles. The van der Waals surface area contributed by atoms with Crippen molar-refractivity contribution in [3.8, 4) is 0 Å². The number of pyridine rings is 1. The molecule has 0 amide bonds. The maximum absolute atomic E-state index is 10.6. The lowest BCUT2D eigenvalue weighted by atomic mass is 9.99. The summed E-state index contributed by atoms with van der Waals surface area (Å²) in [7, 11) is 0. The molecule has 0 saturated carbocycles. The third kappa shape index (κ3) is 3.93. The average molecular weight is 362 g/mol. The molecule has 5 nitrogen and oxygen atoms in total. The number of fused-ring (bicyclic) bond motifs is 1. The van der Waals surface area contributed by atoms with Gasteiger partial charge in [-0.2, -0.15) is 0 Å². The molecule has 2 aromatic heterocycles. The van der Waals surface area contributed by atoms with E-state index in [0.717, 1.165) is 59.7 Å². The monoisotopic (exact) mass is 362 g/mol. The molecule has 1 N–H and O–H groups in total. The van der Waals surface area contributed by atoms with Gasteiger partial charge in [0.15, 0.2) is 0 Å². The summed E-state index contributed by atoms with van der Waals surface area (Å²) in [6.07, 6.45) is 2.31. The fourth-order valence-corrected chi connectivity index (χ4v) is 3.84. The van der Waals surface area contributed by atoms with Crippen LogP contribution in [0.25, 0.3) is 10.9 Å². The Bertz CT molecular complexity index is 942. The van der Waals surface area contributed by atoms with Crippen molar-refractivity contribution in [2.24, 2.45) is 5.92 Å². The number of β-amino-alcohol motifs (C(OH)–C–C–N with tert-alkyl or cyclic N) is 1.